The standard InChI is InChI=1S/C13H18N4O2S/c1-2-14-8-9-16-20(18,19)13-10-15-17(11-13)12-6-4-3-5-7-12/h3-7,10-11,14,16H,2,8-9H2,1H3. The van der Waals surface area contributed by atoms with Gasteiger partial charge in [0, 0.05) is 13.1 Å². The molecule has 0 spiro atoms. The Kier molecular flexibility index (Phi) is 4.89. The Labute approximate surface area is 118 Å². The van der Waals surface area contributed by atoms with E-state index in [-0.39, 0.29) is 4.90 Å². The van der Waals surface area contributed by atoms with Crippen LogP contribution in [0.4, 0.5) is 0 Å². The zero-order valence-electron chi connectivity index (χ0n) is 11.3. The van der Waals surface area contributed by atoms with Gasteiger partial charge in [-0.15, -0.1) is 0 Å². The molecule has 6 nitrogen and oxygen atoms in total. The van der Waals surface area contributed by atoms with Gasteiger partial charge in [-0.05, 0) is 18.7 Å². The largest absolute Gasteiger partial charge is 0.316 e. The van der Waals surface area contributed by atoms with E-state index in [1.165, 1.54) is 12.4 Å². The number of sulfonamides is 1. The molecule has 0 radical (unpaired) electrons. The fourth-order valence-corrected chi connectivity index (χ4v) is 2.66. The van der Waals surface area contributed by atoms with Crippen LogP contribution in [-0.2, 0) is 10.0 Å². The van der Waals surface area contributed by atoms with Crippen molar-refractivity contribution in [3.63, 3.8) is 0 Å². The number of likely N-dealkylation sites (N-methyl/N-ethyl adjacent to an activating group) is 1. The molecule has 7 heteroatoms. The van der Waals surface area contributed by atoms with Crippen molar-refractivity contribution >= 4 is 10.0 Å². The van der Waals surface area contributed by atoms with Crippen LogP contribution in [0.2, 0.25) is 0 Å². The summed E-state index contributed by atoms with van der Waals surface area (Å²) in [7, 11) is -3.50. The zero-order chi connectivity index (χ0) is 14.4. The van der Waals surface area contributed by atoms with Gasteiger partial charge in [-0.25, -0.2) is 17.8 Å². The van der Waals surface area contributed by atoms with Gasteiger partial charge in [-0.3, -0.25) is 0 Å². The molecular weight excluding hydrogens is 276 g/mol. The minimum absolute atomic E-state index is 0.165. The van der Waals surface area contributed by atoms with Crippen LogP contribution in [0.15, 0.2) is 47.6 Å². The molecule has 1 heterocycles. The summed E-state index contributed by atoms with van der Waals surface area (Å²) in [6, 6.07) is 9.37. The van der Waals surface area contributed by atoms with Crippen molar-refractivity contribution < 1.29 is 8.42 Å². The van der Waals surface area contributed by atoms with Crippen molar-refractivity contribution in [2.45, 2.75) is 11.8 Å². The van der Waals surface area contributed by atoms with E-state index in [4.69, 9.17) is 0 Å². The second-order valence-electron chi connectivity index (χ2n) is 4.21. The molecule has 0 bridgehead atoms. The van der Waals surface area contributed by atoms with Gasteiger partial charge in [-0.2, -0.15) is 5.10 Å². The molecule has 0 aliphatic heterocycles. The maximum Gasteiger partial charge on any atom is 0.243 e. The highest BCUT2D eigenvalue weighted by Crippen LogP contribution is 2.11. The SMILES string of the molecule is CCNCCNS(=O)(=O)c1cnn(-c2ccccc2)c1. The first-order chi connectivity index (χ1) is 9.63. The number of rotatable bonds is 7. The van der Waals surface area contributed by atoms with E-state index in [1.807, 2.05) is 37.3 Å². The lowest BCUT2D eigenvalue weighted by Crippen LogP contribution is -2.31. The van der Waals surface area contributed by atoms with E-state index in [0.717, 1.165) is 12.2 Å². The van der Waals surface area contributed by atoms with E-state index in [2.05, 4.69) is 15.1 Å². The van der Waals surface area contributed by atoms with Gasteiger partial charge in [0.1, 0.15) is 4.90 Å². The Balaban J connectivity index is 2.08. The Morgan fingerprint density at radius 1 is 1.20 bits per heavy atom. The number of nitrogens with one attached hydrogen (secondary N) is 2. The molecule has 1 aromatic heterocycles. The first-order valence-electron chi connectivity index (χ1n) is 6.44. The summed E-state index contributed by atoms with van der Waals surface area (Å²) in [5, 5.41) is 7.13. The predicted octanol–water partition coefficient (Wildman–Crippen LogP) is 0.760. The maximum absolute atomic E-state index is 12.0. The minimum Gasteiger partial charge on any atom is -0.316 e. The van der Waals surface area contributed by atoms with Gasteiger partial charge < -0.3 is 5.32 Å². The highest BCUT2D eigenvalue weighted by atomic mass is 32.2. The maximum atomic E-state index is 12.0. The molecule has 0 saturated carbocycles. The van der Waals surface area contributed by atoms with Crippen LogP contribution in [0, 0.1) is 0 Å². The fourth-order valence-electron chi connectivity index (χ4n) is 1.70. The molecule has 0 fully saturated rings. The van der Waals surface area contributed by atoms with E-state index >= 15 is 0 Å². The number of aromatic nitrogens is 2. The third-order valence-electron chi connectivity index (χ3n) is 2.73. The van der Waals surface area contributed by atoms with Gasteiger partial charge in [0.05, 0.1) is 18.1 Å². The molecule has 1 aromatic carbocycles. The average Bonchev–Trinajstić information content (AvgIpc) is 2.95. The average molecular weight is 294 g/mol. The molecule has 0 atom stereocenters. The minimum atomic E-state index is -3.50. The van der Waals surface area contributed by atoms with Crippen molar-refractivity contribution in [2.75, 3.05) is 19.6 Å². The summed E-state index contributed by atoms with van der Waals surface area (Å²) in [5.41, 5.74) is 0.821. The quantitative estimate of drug-likeness (QED) is 0.739. The summed E-state index contributed by atoms with van der Waals surface area (Å²) in [6.07, 6.45) is 2.85. The molecule has 0 amide bonds. The number of hydrogen-bond acceptors (Lipinski definition) is 4. The predicted molar refractivity (Wildman–Crippen MR) is 77.3 cm³/mol. The second kappa shape index (κ2) is 6.65. The monoisotopic (exact) mass is 294 g/mol. The van der Waals surface area contributed by atoms with Crippen molar-refractivity contribution in [1.82, 2.24) is 19.8 Å². The first kappa shape index (κ1) is 14.7. The Hall–Kier alpha value is -1.70. The first-order valence-corrected chi connectivity index (χ1v) is 7.92. The topological polar surface area (TPSA) is 76.0 Å². The van der Waals surface area contributed by atoms with Crippen LogP contribution >= 0.6 is 0 Å². The second-order valence-corrected chi connectivity index (χ2v) is 5.97. The molecular formula is C13H18N4O2S. The molecule has 0 unspecified atom stereocenters. The van der Waals surface area contributed by atoms with Crippen molar-refractivity contribution in [3.8, 4) is 5.69 Å². The molecule has 2 N–H and O–H groups in total. The summed E-state index contributed by atoms with van der Waals surface area (Å²) in [5.74, 6) is 0. The number of benzene rings is 1. The lowest BCUT2D eigenvalue weighted by Gasteiger charge is -2.04. The Morgan fingerprint density at radius 3 is 2.65 bits per heavy atom. The van der Waals surface area contributed by atoms with E-state index in [9.17, 15) is 8.42 Å². The van der Waals surface area contributed by atoms with Crippen LogP contribution in [0.1, 0.15) is 6.92 Å². The highest BCUT2D eigenvalue weighted by molar-refractivity contribution is 7.89. The summed E-state index contributed by atoms with van der Waals surface area (Å²) in [6.45, 7) is 3.74. The highest BCUT2D eigenvalue weighted by Gasteiger charge is 2.15. The smallest absolute Gasteiger partial charge is 0.243 e. The lowest BCUT2D eigenvalue weighted by atomic mass is 10.3. The van der Waals surface area contributed by atoms with Gasteiger partial charge >= 0.3 is 0 Å². The number of nitrogens with zero attached hydrogens (tertiary/aromatic N) is 2. The Morgan fingerprint density at radius 2 is 1.95 bits per heavy atom. The van der Waals surface area contributed by atoms with E-state index in [1.54, 1.807) is 4.68 Å². The van der Waals surface area contributed by atoms with Gasteiger partial charge in [0.25, 0.3) is 0 Å². The van der Waals surface area contributed by atoms with Crippen molar-refractivity contribution in [1.29, 1.82) is 0 Å². The molecule has 0 aliphatic rings. The van der Waals surface area contributed by atoms with E-state index in [0.29, 0.717) is 13.1 Å². The van der Waals surface area contributed by atoms with Crippen LogP contribution in [0.25, 0.3) is 5.69 Å². The summed E-state index contributed by atoms with van der Waals surface area (Å²) in [4.78, 5) is 0.165. The van der Waals surface area contributed by atoms with Crippen molar-refractivity contribution in [2.24, 2.45) is 0 Å². The molecule has 2 rings (SSSR count). The van der Waals surface area contributed by atoms with Crippen molar-refractivity contribution in [3.05, 3.63) is 42.7 Å². The van der Waals surface area contributed by atoms with Crippen LogP contribution < -0.4 is 10.0 Å². The Bertz CT molecular complexity index is 637. The summed E-state index contributed by atoms with van der Waals surface area (Å²) >= 11 is 0. The van der Waals surface area contributed by atoms with Gasteiger partial charge in [0.2, 0.25) is 10.0 Å². The molecule has 0 aliphatic carbocycles. The fraction of sp³-hybridized carbons (Fsp3) is 0.308. The molecule has 0 saturated heterocycles. The van der Waals surface area contributed by atoms with Crippen LogP contribution in [0.3, 0.4) is 0 Å². The lowest BCUT2D eigenvalue weighted by molar-refractivity contribution is 0.577. The third-order valence-corrected chi connectivity index (χ3v) is 4.15. The van der Waals surface area contributed by atoms with Gasteiger partial charge in [-0.1, -0.05) is 25.1 Å². The number of para-hydroxylation sites is 1. The normalized spacial score (nSPS) is 11.7. The molecule has 20 heavy (non-hydrogen) atoms. The van der Waals surface area contributed by atoms with E-state index < -0.39 is 10.0 Å². The van der Waals surface area contributed by atoms with Gasteiger partial charge in [0.15, 0.2) is 0 Å². The number of hydrogen-bond donors (Lipinski definition) is 2. The molecule has 108 valence electrons. The molecule has 2 aromatic rings. The zero-order valence-corrected chi connectivity index (χ0v) is 12.1. The van der Waals surface area contributed by atoms with Crippen LogP contribution in [-0.4, -0.2) is 37.8 Å². The van der Waals surface area contributed by atoms with Crippen LogP contribution in [0.5, 0.6) is 0 Å². The third kappa shape index (κ3) is 3.66. The summed E-state index contributed by atoms with van der Waals surface area (Å²) < 4.78 is 28.2.